The van der Waals surface area contributed by atoms with Crippen LogP contribution in [0, 0.1) is 5.41 Å². The van der Waals surface area contributed by atoms with Crippen molar-refractivity contribution in [3.05, 3.63) is 0 Å². The summed E-state index contributed by atoms with van der Waals surface area (Å²) in [7, 11) is 0. The van der Waals surface area contributed by atoms with Gasteiger partial charge in [-0.3, -0.25) is 10.2 Å². The van der Waals surface area contributed by atoms with Crippen LogP contribution in [0.2, 0.25) is 0 Å². The molecule has 1 amide bonds. The van der Waals surface area contributed by atoms with Crippen molar-refractivity contribution in [2.75, 3.05) is 13.1 Å². The largest absolute Gasteiger partial charge is 0.351 e. The molecule has 0 aromatic heterocycles. The lowest BCUT2D eigenvalue weighted by atomic mass is 10.2. The average Bonchev–Trinajstić information content (AvgIpc) is 2.10. The number of carbonyl (C=O) groups excluding carboxylic acids is 1. The summed E-state index contributed by atoms with van der Waals surface area (Å²) >= 11 is 0. The molecule has 4 N–H and O–H groups in total. The number of carbonyl (C=O) groups is 1. The van der Waals surface area contributed by atoms with Gasteiger partial charge in [0.05, 0.1) is 5.71 Å². The highest BCUT2D eigenvalue weighted by Gasteiger charge is 2.00. The number of rotatable bonds is 7. The summed E-state index contributed by atoms with van der Waals surface area (Å²) in [6.07, 6.45) is 4.24. The molecule has 0 aromatic rings. The fourth-order valence-electron chi connectivity index (χ4n) is 0.957. The van der Waals surface area contributed by atoms with Gasteiger partial charge in [0.15, 0.2) is 0 Å². The summed E-state index contributed by atoms with van der Waals surface area (Å²) in [4.78, 5) is 10.9. The van der Waals surface area contributed by atoms with E-state index in [1.807, 2.05) is 0 Å². The monoisotopic (exact) mass is 185 g/mol. The van der Waals surface area contributed by atoms with Crippen LogP contribution in [0.4, 0.5) is 0 Å². The second kappa shape index (κ2) is 7.73. The van der Waals surface area contributed by atoms with Gasteiger partial charge < -0.3 is 11.1 Å². The van der Waals surface area contributed by atoms with Gasteiger partial charge in [0, 0.05) is 6.54 Å². The normalized spacial score (nSPS) is 9.69. The van der Waals surface area contributed by atoms with Crippen molar-refractivity contribution in [2.24, 2.45) is 5.73 Å². The van der Waals surface area contributed by atoms with Crippen LogP contribution in [0.1, 0.15) is 32.6 Å². The fourth-order valence-corrected chi connectivity index (χ4v) is 0.957. The van der Waals surface area contributed by atoms with Gasteiger partial charge >= 0.3 is 0 Å². The van der Waals surface area contributed by atoms with Crippen molar-refractivity contribution >= 4 is 11.6 Å². The first-order valence-corrected chi connectivity index (χ1v) is 4.72. The highest BCUT2D eigenvalue weighted by atomic mass is 16.1. The number of hydrogen-bond donors (Lipinski definition) is 3. The maximum Gasteiger partial charge on any atom is 0.264 e. The van der Waals surface area contributed by atoms with E-state index in [1.54, 1.807) is 0 Å². The molecule has 0 radical (unpaired) electrons. The van der Waals surface area contributed by atoms with Crippen molar-refractivity contribution in [1.29, 1.82) is 5.41 Å². The lowest BCUT2D eigenvalue weighted by Crippen LogP contribution is -2.29. The van der Waals surface area contributed by atoms with E-state index in [0.29, 0.717) is 6.54 Å². The standard InChI is InChI=1S/C9H19N3O/c1-8(11)9(13)12-7-5-3-2-4-6-10/h11H,2-7,10H2,1H3,(H,12,13). The Hall–Kier alpha value is -0.900. The van der Waals surface area contributed by atoms with E-state index in [2.05, 4.69) is 5.32 Å². The first-order chi connectivity index (χ1) is 6.18. The molecule has 0 aliphatic carbocycles. The molecule has 0 atom stereocenters. The van der Waals surface area contributed by atoms with Crippen LogP contribution in [0.3, 0.4) is 0 Å². The number of amides is 1. The number of nitrogens with one attached hydrogen (secondary N) is 2. The van der Waals surface area contributed by atoms with Gasteiger partial charge in [0.1, 0.15) is 0 Å². The van der Waals surface area contributed by atoms with Crippen LogP contribution in [-0.2, 0) is 4.79 Å². The van der Waals surface area contributed by atoms with Crippen LogP contribution in [0.5, 0.6) is 0 Å². The molecule has 0 aliphatic rings. The van der Waals surface area contributed by atoms with Gasteiger partial charge in [0.2, 0.25) is 0 Å². The van der Waals surface area contributed by atoms with E-state index in [1.165, 1.54) is 6.92 Å². The van der Waals surface area contributed by atoms with E-state index >= 15 is 0 Å². The van der Waals surface area contributed by atoms with Crippen LogP contribution >= 0.6 is 0 Å². The highest BCUT2D eigenvalue weighted by Crippen LogP contribution is 1.96. The minimum atomic E-state index is -0.265. The zero-order valence-corrected chi connectivity index (χ0v) is 8.23. The minimum Gasteiger partial charge on any atom is -0.351 e. The topological polar surface area (TPSA) is 79.0 Å². The average molecular weight is 185 g/mol. The first kappa shape index (κ1) is 12.1. The number of nitrogens with two attached hydrogens (primary N) is 1. The number of unbranched alkanes of at least 4 members (excludes halogenated alkanes) is 3. The molecule has 76 valence electrons. The molecule has 0 saturated carbocycles. The number of hydrogen-bond acceptors (Lipinski definition) is 3. The lowest BCUT2D eigenvalue weighted by Gasteiger charge is -2.02. The molecular formula is C9H19N3O. The summed E-state index contributed by atoms with van der Waals surface area (Å²) < 4.78 is 0. The van der Waals surface area contributed by atoms with E-state index in [9.17, 15) is 4.79 Å². The van der Waals surface area contributed by atoms with Gasteiger partial charge in [-0.15, -0.1) is 0 Å². The van der Waals surface area contributed by atoms with E-state index in [0.717, 1.165) is 32.2 Å². The first-order valence-electron chi connectivity index (χ1n) is 4.72. The Bertz CT molecular complexity index is 168. The summed E-state index contributed by atoms with van der Waals surface area (Å²) in [6, 6.07) is 0. The molecule has 4 nitrogen and oxygen atoms in total. The maximum absolute atomic E-state index is 10.9. The third-order valence-electron chi connectivity index (χ3n) is 1.76. The second-order valence-electron chi connectivity index (χ2n) is 3.08. The summed E-state index contributed by atoms with van der Waals surface area (Å²) in [6.45, 7) is 2.90. The molecule has 0 rings (SSSR count). The van der Waals surface area contributed by atoms with Gasteiger partial charge in [-0.2, -0.15) is 0 Å². The van der Waals surface area contributed by atoms with Crippen LogP contribution in [0.25, 0.3) is 0 Å². The van der Waals surface area contributed by atoms with Crippen molar-refractivity contribution in [2.45, 2.75) is 32.6 Å². The Morgan fingerprint density at radius 2 is 1.92 bits per heavy atom. The quantitative estimate of drug-likeness (QED) is 0.402. The molecule has 0 aliphatic heterocycles. The Morgan fingerprint density at radius 3 is 2.46 bits per heavy atom. The maximum atomic E-state index is 10.9. The second-order valence-corrected chi connectivity index (χ2v) is 3.08. The Kier molecular flexibility index (Phi) is 7.20. The van der Waals surface area contributed by atoms with Crippen LogP contribution in [-0.4, -0.2) is 24.7 Å². The van der Waals surface area contributed by atoms with E-state index in [4.69, 9.17) is 11.1 Å². The summed E-state index contributed by atoms with van der Waals surface area (Å²) in [5, 5.41) is 9.68. The molecule has 0 unspecified atom stereocenters. The molecule has 4 heteroatoms. The van der Waals surface area contributed by atoms with Gasteiger partial charge in [-0.25, -0.2) is 0 Å². The Labute approximate surface area is 79.4 Å². The SMILES string of the molecule is CC(=N)C(=O)NCCCCCCN. The van der Waals surface area contributed by atoms with Gasteiger partial charge in [-0.1, -0.05) is 12.8 Å². The zero-order valence-electron chi connectivity index (χ0n) is 8.23. The van der Waals surface area contributed by atoms with Crippen molar-refractivity contribution < 1.29 is 4.79 Å². The van der Waals surface area contributed by atoms with Crippen molar-refractivity contribution in [1.82, 2.24) is 5.32 Å². The minimum absolute atomic E-state index is 0.0713. The molecule has 0 bridgehead atoms. The molecular weight excluding hydrogens is 166 g/mol. The van der Waals surface area contributed by atoms with Crippen molar-refractivity contribution in [3.8, 4) is 0 Å². The lowest BCUT2D eigenvalue weighted by molar-refractivity contribution is -0.114. The molecule has 0 saturated heterocycles. The Balaban J connectivity index is 3.16. The molecule has 13 heavy (non-hydrogen) atoms. The predicted octanol–water partition coefficient (Wildman–Crippen LogP) is 0.661. The Morgan fingerprint density at radius 1 is 1.31 bits per heavy atom. The fraction of sp³-hybridized carbons (Fsp3) is 0.778. The molecule has 0 spiro atoms. The third kappa shape index (κ3) is 7.46. The zero-order chi connectivity index (χ0) is 10.1. The molecule has 0 heterocycles. The smallest absolute Gasteiger partial charge is 0.264 e. The van der Waals surface area contributed by atoms with Gasteiger partial charge in [0.25, 0.3) is 5.91 Å². The molecule has 0 aromatic carbocycles. The highest BCUT2D eigenvalue weighted by molar-refractivity contribution is 6.36. The van der Waals surface area contributed by atoms with Crippen molar-refractivity contribution in [3.63, 3.8) is 0 Å². The third-order valence-corrected chi connectivity index (χ3v) is 1.76. The molecule has 0 fully saturated rings. The van der Waals surface area contributed by atoms with Crippen LogP contribution in [0.15, 0.2) is 0 Å². The predicted molar refractivity (Wildman–Crippen MR) is 53.9 cm³/mol. The van der Waals surface area contributed by atoms with Crippen LogP contribution < -0.4 is 11.1 Å². The summed E-state index contributed by atoms with van der Waals surface area (Å²) in [5.41, 5.74) is 5.40. The van der Waals surface area contributed by atoms with E-state index in [-0.39, 0.29) is 11.6 Å². The van der Waals surface area contributed by atoms with Gasteiger partial charge in [-0.05, 0) is 26.3 Å². The summed E-state index contributed by atoms with van der Waals surface area (Å²) in [5.74, 6) is -0.265. The van der Waals surface area contributed by atoms with E-state index < -0.39 is 0 Å².